The van der Waals surface area contributed by atoms with Gasteiger partial charge in [0.1, 0.15) is 11.5 Å². The average molecular weight is 487 g/mol. The molecule has 1 saturated carbocycles. The monoisotopic (exact) mass is 486 g/mol. The molecule has 0 spiro atoms. The van der Waals surface area contributed by atoms with E-state index in [9.17, 15) is 9.59 Å². The van der Waals surface area contributed by atoms with Gasteiger partial charge < -0.3 is 9.15 Å². The molecular formula is C27H38N2O4S. The highest BCUT2D eigenvalue weighted by molar-refractivity contribution is 7.99. The lowest BCUT2D eigenvalue weighted by molar-refractivity contribution is -0.124. The summed E-state index contributed by atoms with van der Waals surface area (Å²) in [5, 5.41) is 2.10. The summed E-state index contributed by atoms with van der Waals surface area (Å²) in [6, 6.07) is 8.43. The lowest BCUT2D eigenvalue weighted by Crippen LogP contribution is -2.32. The Kier molecular flexibility index (Phi) is 10.2. The lowest BCUT2D eigenvalue weighted by atomic mass is 9.84. The van der Waals surface area contributed by atoms with E-state index in [1.54, 1.807) is 0 Å². The Morgan fingerprint density at radius 1 is 1.29 bits per heavy atom. The van der Waals surface area contributed by atoms with E-state index in [2.05, 4.69) is 50.4 Å². The van der Waals surface area contributed by atoms with Crippen LogP contribution < -0.4 is 5.32 Å². The Labute approximate surface area is 207 Å². The number of aromatic nitrogens is 1. The number of carbonyl (C=O) groups is 2. The second-order valence-electron chi connectivity index (χ2n) is 9.41. The van der Waals surface area contributed by atoms with Crippen LogP contribution in [0.25, 0.3) is 11.5 Å². The number of oxazole rings is 1. The minimum absolute atomic E-state index is 0.179. The van der Waals surface area contributed by atoms with Gasteiger partial charge in [0.05, 0.1) is 18.0 Å². The number of nitrogens with one attached hydrogen (secondary N) is 1. The maximum Gasteiger partial charge on any atom is 0.239 e. The third kappa shape index (κ3) is 7.19. The number of benzene rings is 1. The fourth-order valence-electron chi connectivity index (χ4n) is 4.65. The first-order chi connectivity index (χ1) is 16.4. The van der Waals surface area contributed by atoms with Gasteiger partial charge in [-0.25, -0.2) is 4.98 Å². The number of carbonyl (C=O) groups excluding carboxylic acids is 2. The van der Waals surface area contributed by atoms with Gasteiger partial charge in [0.2, 0.25) is 18.2 Å². The summed E-state index contributed by atoms with van der Waals surface area (Å²) in [7, 11) is 0. The van der Waals surface area contributed by atoms with Gasteiger partial charge in [-0.05, 0) is 61.5 Å². The molecule has 1 fully saturated rings. The second kappa shape index (κ2) is 13.1. The van der Waals surface area contributed by atoms with Crippen molar-refractivity contribution in [2.75, 3.05) is 6.26 Å². The van der Waals surface area contributed by atoms with Crippen LogP contribution in [-0.2, 0) is 27.4 Å². The molecule has 1 heterocycles. The van der Waals surface area contributed by atoms with Crippen LogP contribution in [0.4, 0.5) is 0 Å². The number of rotatable bonds is 12. The van der Waals surface area contributed by atoms with Crippen LogP contribution in [0, 0.1) is 5.92 Å². The number of ether oxygens (including phenoxy) is 1. The molecule has 0 saturated heterocycles. The van der Waals surface area contributed by atoms with Gasteiger partial charge in [-0.2, -0.15) is 11.8 Å². The number of thioether (sulfide) groups is 1. The first-order valence-corrected chi connectivity index (χ1v) is 13.7. The zero-order chi connectivity index (χ0) is 24.5. The van der Waals surface area contributed by atoms with Crippen LogP contribution in [0.15, 0.2) is 28.7 Å². The largest absolute Gasteiger partial charge is 0.441 e. The topological polar surface area (TPSA) is 81.4 Å². The smallest absolute Gasteiger partial charge is 0.239 e. The van der Waals surface area contributed by atoms with Crippen LogP contribution in [0.3, 0.4) is 0 Å². The minimum atomic E-state index is -0.195. The van der Waals surface area contributed by atoms with Crippen LogP contribution in [0.1, 0.15) is 82.2 Å². The predicted octanol–water partition coefficient (Wildman–Crippen LogP) is 5.89. The molecule has 186 valence electrons. The molecule has 3 atom stereocenters. The third-order valence-electron chi connectivity index (χ3n) is 6.73. The van der Waals surface area contributed by atoms with Crippen LogP contribution in [0.2, 0.25) is 0 Å². The highest BCUT2D eigenvalue weighted by Crippen LogP contribution is 2.32. The molecule has 3 unspecified atom stereocenters. The van der Waals surface area contributed by atoms with Gasteiger partial charge >= 0.3 is 0 Å². The fraction of sp³-hybridized carbons (Fsp3) is 0.593. The van der Waals surface area contributed by atoms with E-state index in [1.165, 1.54) is 17.3 Å². The summed E-state index contributed by atoms with van der Waals surface area (Å²) in [5.41, 5.74) is 3.18. The van der Waals surface area contributed by atoms with Gasteiger partial charge in [-0.3, -0.25) is 14.9 Å². The van der Waals surface area contributed by atoms with Gasteiger partial charge in [0.15, 0.2) is 0 Å². The first kappa shape index (κ1) is 26.5. The van der Waals surface area contributed by atoms with Gasteiger partial charge in [-0.1, -0.05) is 45.7 Å². The van der Waals surface area contributed by atoms with Crippen LogP contribution in [0.5, 0.6) is 0 Å². The Bertz CT molecular complexity index is 925. The number of hydrogen-bond donors (Lipinski definition) is 1. The van der Waals surface area contributed by atoms with Gasteiger partial charge in [-0.15, -0.1) is 0 Å². The molecule has 0 radical (unpaired) electrons. The van der Waals surface area contributed by atoms with E-state index in [1.807, 2.05) is 6.26 Å². The van der Waals surface area contributed by atoms with Gasteiger partial charge in [0, 0.05) is 12.0 Å². The molecule has 1 N–H and O–H groups in total. The van der Waals surface area contributed by atoms with E-state index in [0.29, 0.717) is 30.7 Å². The summed E-state index contributed by atoms with van der Waals surface area (Å²) in [4.78, 5) is 27.3. The quantitative estimate of drug-likeness (QED) is 0.377. The van der Waals surface area contributed by atoms with Gasteiger partial charge in [0.25, 0.3) is 0 Å². The first-order valence-electron chi connectivity index (χ1n) is 12.4. The van der Waals surface area contributed by atoms with Crippen molar-refractivity contribution in [1.82, 2.24) is 10.3 Å². The molecule has 1 aliphatic carbocycles. The number of nitrogens with zero attached hydrogens (tertiary/aromatic N) is 1. The van der Waals surface area contributed by atoms with Crippen molar-refractivity contribution in [3.63, 3.8) is 0 Å². The van der Waals surface area contributed by atoms with E-state index < -0.39 is 0 Å². The standard InChI is InChI=1S/C27H38N2O4S/c1-5-24-23(29-27(33-24)21-12-10-20(11-13-21)18(2)3)16-32-22-8-6-7-19(15-22)9-14-25(34-4)26(31)28-17-30/h10-13,17-19,22,25H,5-9,14-16H2,1-4H3,(H,28,30,31). The molecule has 1 aromatic carbocycles. The molecule has 0 bridgehead atoms. The van der Waals surface area contributed by atoms with Crippen molar-refractivity contribution in [3.8, 4) is 11.5 Å². The number of amides is 2. The Morgan fingerprint density at radius 3 is 2.71 bits per heavy atom. The molecule has 6 nitrogen and oxygen atoms in total. The minimum Gasteiger partial charge on any atom is -0.441 e. The highest BCUT2D eigenvalue weighted by Gasteiger charge is 2.26. The Balaban J connectivity index is 1.55. The zero-order valence-electron chi connectivity index (χ0n) is 20.8. The van der Waals surface area contributed by atoms with E-state index >= 15 is 0 Å². The maximum absolute atomic E-state index is 12.0. The van der Waals surface area contributed by atoms with Crippen molar-refractivity contribution >= 4 is 24.1 Å². The normalized spacial score (nSPS) is 19.2. The van der Waals surface area contributed by atoms with Crippen LogP contribution in [-0.4, -0.2) is 34.9 Å². The summed E-state index contributed by atoms with van der Waals surface area (Å²) < 4.78 is 12.4. The molecule has 7 heteroatoms. The maximum atomic E-state index is 12.0. The van der Waals surface area contributed by atoms with E-state index in [0.717, 1.165) is 62.0 Å². The summed E-state index contributed by atoms with van der Waals surface area (Å²) >= 11 is 1.50. The SMILES string of the molecule is CCc1oc(-c2ccc(C(C)C)cc2)nc1COC1CCCC(CCC(SC)C(=O)NC=O)C1. The molecule has 2 aromatic rings. The molecule has 34 heavy (non-hydrogen) atoms. The molecular weight excluding hydrogens is 448 g/mol. The molecule has 1 aromatic heterocycles. The molecule has 2 amide bonds. The predicted molar refractivity (Wildman–Crippen MR) is 137 cm³/mol. The lowest BCUT2D eigenvalue weighted by Gasteiger charge is -2.29. The van der Waals surface area contributed by atoms with Crippen LogP contribution >= 0.6 is 11.8 Å². The highest BCUT2D eigenvalue weighted by atomic mass is 32.2. The second-order valence-corrected chi connectivity index (χ2v) is 10.5. The van der Waals surface area contributed by atoms with Crippen molar-refractivity contribution in [2.24, 2.45) is 5.92 Å². The van der Waals surface area contributed by atoms with Crippen molar-refractivity contribution < 1.29 is 18.7 Å². The Hall–Kier alpha value is -2.12. The summed E-state index contributed by atoms with van der Waals surface area (Å²) in [6.45, 7) is 6.91. The number of hydrogen-bond acceptors (Lipinski definition) is 6. The molecule has 3 rings (SSSR count). The van der Waals surface area contributed by atoms with Crippen molar-refractivity contribution in [2.45, 2.75) is 89.6 Å². The Morgan fingerprint density at radius 2 is 2.06 bits per heavy atom. The number of imide groups is 1. The van der Waals surface area contributed by atoms with E-state index in [-0.39, 0.29) is 17.3 Å². The number of aryl methyl sites for hydroxylation is 1. The molecule has 1 aliphatic rings. The van der Waals surface area contributed by atoms with Crippen molar-refractivity contribution in [1.29, 1.82) is 0 Å². The summed E-state index contributed by atoms with van der Waals surface area (Å²) in [6.07, 6.45) is 9.46. The zero-order valence-corrected chi connectivity index (χ0v) is 21.7. The average Bonchev–Trinajstić information content (AvgIpc) is 3.27. The van der Waals surface area contributed by atoms with Crippen molar-refractivity contribution in [3.05, 3.63) is 41.3 Å². The molecule has 0 aliphatic heterocycles. The van der Waals surface area contributed by atoms with E-state index in [4.69, 9.17) is 14.1 Å². The summed E-state index contributed by atoms with van der Waals surface area (Å²) in [5.74, 6) is 2.38. The fourth-order valence-corrected chi connectivity index (χ4v) is 5.31. The third-order valence-corrected chi connectivity index (χ3v) is 7.75.